The van der Waals surface area contributed by atoms with Crippen LogP contribution < -0.4 is 10.6 Å². The maximum Gasteiger partial charge on any atom is 0.341 e. The number of nitro groups is 1. The molecule has 0 unspecified atom stereocenters. The van der Waals surface area contributed by atoms with Crippen LogP contribution >= 0.6 is 23.6 Å². The molecule has 2 aromatic rings. The molecular weight excluding hydrogens is 422 g/mol. The van der Waals surface area contributed by atoms with Gasteiger partial charge in [0.15, 0.2) is 5.11 Å². The van der Waals surface area contributed by atoms with Crippen LogP contribution in [-0.2, 0) is 17.6 Å². The molecule has 1 aliphatic rings. The Labute approximate surface area is 185 Å². The lowest BCUT2D eigenvalue weighted by atomic mass is 9.96. The molecule has 7 nitrogen and oxygen atoms in total. The average Bonchev–Trinajstić information content (AvgIpc) is 2.99. The van der Waals surface area contributed by atoms with E-state index in [-0.39, 0.29) is 16.8 Å². The fraction of sp³-hybridized carbons (Fsp3) is 0.429. The third-order valence-electron chi connectivity index (χ3n) is 5.13. The van der Waals surface area contributed by atoms with Crippen molar-refractivity contribution in [2.75, 3.05) is 17.2 Å². The molecule has 2 N–H and O–H groups in total. The normalized spacial score (nSPS) is 13.5. The molecule has 0 bridgehead atoms. The highest BCUT2D eigenvalue weighted by Gasteiger charge is 2.26. The van der Waals surface area contributed by atoms with E-state index in [1.54, 1.807) is 37.3 Å². The molecule has 1 heterocycles. The summed E-state index contributed by atoms with van der Waals surface area (Å²) < 4.78 is 5.32. The number of hydrogen-bond acceptors (Lipinski definition) is 6. The number of benzene rings is 1. The van der Waals surface area contributed by atoms with Crippen molar-refractivity contribution in [2.45, 2.75) is 52.4 Å². The Balaban J connectivity index is 1.87. The number of ether oxygens (including phenoxy) is 1. The van der Waals surface area contributed by atoms with Crippen molar-refractivity contribution in [3.05, 3.63) is 49.9 Å². The van der Waals surface area contributed by atoms with E-state index in [0.29, 0.717) is 28.4 Å². The van der Waals surface area contributed by atoms with Crippen LogP contribution in [0.1, 0.15) is 59.0 Å². The average molecular weight is 448 g/mol. The van der Waals surface area contributed by atoms with E-state index in [0.717, 1.165) is 37.7 Å². The summed E-state index contributed by atoms with van der Waals surface area (Å²) in [5, 5.41) is 18.3. The number of thiocarbonyl (C=S) groups is 1. The number of nitrogens with one attached hydrogen (secondary N) is 2. The number of anilines is 2. The van der Waals surface area contributed by atoms with E-state index in [2.05, 4.69) is 10.6 Å². The second-order valence-electron chi connectivity index (χ2n) is 7.13. The van der Waals surface area contributed by atoms with E-state index in [1.807, 2.05) is 0 Å². The van der Waals surface area contributed by atoms with Gasteiger partial charge in [-0.2, -0.15) is 0 Å². The molecule has 1 aromatic carbocycles. The highest BCUT2D eigenvalue weighted by Crippen LogP contribution is 2.38. The van der Waals surface area contributed by atoms with Gasteiger partial charge < -0.3 is 15.4 Å². The quantitative estimate of drug-likeness (QED) is 0.266. The number of thiophene rings is 1. The van der Waals surface area contributed by atoms with Gasteiger partial charge in [0, 0.05) is 10.9 Å². The van der Waals surface area contributed by atoms with Gasteiger partial charge >= 0.3 is 5.97 Å². The first kappa shape index (κ1) is 22.2. The van der Waals surface area contributed by atoms with Crippen LogP contribution in [0.2, 0.25) is 0 Å². The van der Waals surface area contributed by atoms with Crippen LogP contribution in [-0.4, -0.2) is 22.6 Å². The van der Waals surface area contributed by atoms with Crippen molar-refractivity contribution >= 4 is 51.0 Å². The molecule has 1 aromatic heterocycles. The minimum atomic E-state index is -0.421. The van der Waals surface area contributed by atoms with Crippen molar-refractivity contribution in [2.24, 2.45) is 0 Å². The Hall–Kier alpha value is -2.52. The molecule has 0 radical (unpaired) electrons. The molecule has 3 rings (SSSR count). The molecule has 0 saturated heterocycles. The molecule has 0 atom stereocenters. The summed E-state index contributed by atoms with van der Waals surface area (Å²) in [5.41, 5.74) is 2.70. The standard InChI is InChI=1S/C21H25N3O4S2/c1-3-28-20(25)18-14-9-6-4-5-7-12-17(14)30-19(18)23-21(29)22-15-10-8-11-16(13(15)2)24(26)27/h8,10-11H,3-7,9,12H2,1-2H3,(H2,22,23,29). The number of nitro benzene ring substituents is 1. The first-order chi connectivity index (χ1) is 14.4. The molecule has 160 valence electrons. The minimum Gasteiger partial charge on any atom is -0.462 e. The highest BCUT2D eigenvalue weighted by atomic mass is 32.1. The molecule has 1 aliphatic carbocycles. The lowest BCUT2D eigenvalue weighted by Crippen LogP contribution is -2.21. The van der Waals surface area contributed by atoms with Gasteiger partial charge in [0.05, 0.1) is 28.3 Å². The summed E-state index contributed by atoms with van der Waals surface area (Å²) in [6.45, 7) is 3.76. The van der Waals surface area contributed by atoms with Crippen molar-refractivity contribution in [1.82, 2.24) is 0 Å². The highest BCUT2D eigenvalue weighted by molar-refractivity contribution is 7.80. The predicted molar refractivity (Wildman–Crippen MR) is 124 cm³/mol. The number of aryl methyl sites for hydroxylation is 1. The van der Waals surface area contributed by atoms with Crippen LogP contribution in [0.5, 0.6) is 0 Å². The molecule has 0 aliphatic heterocycles. The number of hydrogen-bond donors (Lipinski definition) is 2. The van der Waals surface area contributed by atoms with Crippen molar-refractivity contribution in [3.63, 3.8) is 0 Å². The lowest BCUT2D eigenvalue weighted by Gasteiger charge is -2.13. The molecule has 0 fully saturated rings. The van der Waals surface area contributed by atoms with Gasteiger partial charge in [-0.1, -0.05) is 18.9 Å². The zero-order chi connectivity index (χ0) is 21.7. The number of fused-ring (bicyclic) bond motifs is 1. The number of esters is 1. The second kappa shape index (κ2) is 9.99. The van der Waals surface area contributed by atoms with E-state index >= 15 is 0 Å². The maximum absolute atomic E-state index is 12.7. The Morgan fingerprint density at radius 2 is 1.97 bits per heavy atom. The number of rotatable bonds is 5. The zero-order valence-electron chi connectivity index (χ0n) is 17.1. The lowest BCUT2D eigenvalue weighted by molar-refractivity contribution is -0.385. The molecule has 0 saturated carbocycles. The largest absolute Gasteiger partial charge is 0.462 e. The Kier molecular flexibility index (Phi) is 7.38. The topological polar surface area (TPSA) is 93.5 Å². The first-order valence-corrected chi connectivity index (χ1v) is 11.3. The monoisotopic (exact) mass is 447 g/mol. The van der Waals surface area contributed by atoms with Gasteiger partial charge in [0.25, 0.3) is 5.69 Å². The number of carbonyl (C=O) groups excluding carboxylic acids is 1. The minimum absolute atomic E-state index is 0.0223. The summed E-state index contributed by atoms with van der Waals surface area (Å²) in [6, 6.07) is 4.79. The van der Waals surface area contributed by atoms with Crippen LogP contribution in [0, 0.1) is 17.0 Å². The molecular formula is C21H25N3O4S2. The Morgan fingerprint density at radius 3 is 2.67 bits per heavy atom. The summed E-state index contributed by atoms with van der Waals surface area (Å²) >= 11 is 7.00. The van der Waals surface area contributed by atoms with Gasteiger partial charge in [-0.05, 0) is 63.4 Å². The second-order valence-corrected chi connectivity index (χ2v) is 8.64. The van der Waals surface area contributed by atoms with E-state index in [1.165, 1.54) is 17.4 Å². The van der Waals surface area contributed by atoms with Gasteiger partial charge in [-0.15, -0.1) is 11.3 Å². The first-order valence-electron chi connectivity index (χ1n) is 10.1. The third kappa shape index (κ3) is 4.96. The smallest absolute Gasteiger partial charge is 0.341 e. The summed E-state index contributed by atoms with van der Waals surface area (Å²) in [7, 11) is 0. The molecule has 30 heavy (non-hydrogen) atoms. The van der Waals surface area contributed by atoms with Gasteiger partial charge in [-0.3, -0.25) is 10.1 Å². The van der Waals surface area contributed by atoms with Crippen LogP contribution in [0.25, 0.3) is 0 Å². The van der Waals surface area contributed by atoms with Crippen LogP contribution in [0.3, 0.4) is 0 Å². The fourth-order valence-electron chi connectivity index (χ4n) is 3.64. The maximum atomic E-state index is 12.7. The molecule has 9 heteroatoms. The van der Waals surface area contributed by atoms with Gasteiger partial charge in [0.1, 0.15) is 5.00 Å². The zero-order valence-corrected chi connectivity index (χ0v) is 18.7. The number of carbonyl (C=O) groups is 1. The predicted octanol–water partition coefficient (Wildman–Crippen LogP) is 5.61. The van der Waals surface area contributed by atoms with Gasteiger partial charge in [0.2, 0.25) is 0 Å². The summed E-state index contributed by atoms with van der Waals surface area (Å²) in [4.78, 5) is 24.7. The SMILES string of the molecule is CCOC(=O)c1c(NC(=S)Nc2cccc([N+](=O)[O-])c2C)sc2c1CCCCCC2. The summed E-state index contributed by atoms with van der Waals surface area (Å²) in [5.74, 6) is -0.340. The van der Waals surface area contributed by atoms with E-state index < -0.39 is 4.92 Å². The Morgan fingerprint density at radius 1 is 1.23 bits per heavy atom. The molecule has 0 amide bonds. The van der Waals surface area contributed by atoms with Crippen molar-refractivity contribution < 1.29 is 14.5 Å². The van der Waals surface area contributed by atoms with Crippen LogP contribution in [0.4, 0.5) is 16.4 Å². The van der Waals surface area contributed by atoms with Crippen LogP contribution in [0.15, 0.2) is 18.2 Å². The van der Waals surface area contributed by atoms with Gasteiger partial charge in [-0.25, -0.2) is 4.79 Å². The Bertz CT molecular complexity index is 971. The fourth-order valence-corrected chi connectivity index (χ4v) is 5.20. The number of nitrogens with zero attached hydrogens (tertiary/aromatic N) is 1. The third-order valence-corrected chi connectivity index (χ3v) is 6.54. The van der Waals surface area contributed by atoms with E-state index in [4.69, 9.17) is 17.0 Å². The molecule has 0 spiro atoms. The van der Waals surface area contributed by atoms with Crippen molar-refractivity contribution in [1.29, 1.82) is 0 Å². The van der Waals surface area contributed by atoms with Crippen molar-refractivity contribution in [3.8, 4) is 0 Å². The summed E-state index contributed by atoms with van der Waals surface area (Å²) in [6.07, 6.45) is 6.30. The van der Waals surface area contributed by atoms with E-state index in [9.17, 15) is 14.9 Å².